The van der Waals surface area contributed by atoms with Crippen LogP contribution in [0.5, 0.6) is 0 Å². The lowest BCUT2D eigenvalue weighted by Gasteiger charge is -2.27. The van der Waals surface area contributed by atoms with Crippen molar-refractivity contribution in [2.45, 2.75) is 52.9 Å². The largest absolute Gasteiger partial charge is 0.464 e. The third-order valence-electron chi connectivity index (χ3n) is 2.10. The van der Waals surface area contributed by atoms with Crippen LogP contribution in [-0.4, -0.2) is 43.3 Å². The monoisotopic (exact) mass is 339 g/mol. The number of carbonyl (C=O) groups is 2. The van der Waals surface area contributed by atoms with Crippen molar-refractivity contribution >= 4 is 19.7 Å². The average molecular weight is 339 g/mol. The van der Waals surface area contributed by atoms with E-state index >= 15 is 0 Å². The Hall–Kier alpha value is -1.11. The van der Waals surface area contributed by atoms with E-state index in [1.54, 1.807) is 41.5 Å². The summed E-state index contributed by atoms with van der Waals surface area (Å²) in [4.78, 5) is 23.9. The Morgan fingerprint density at radius 3 is 1.91 bits per heavy atom. The smallest absolute Gasteiger partial charge is 0.408 e. The zero-order valence-electron chi connectivity index (χ0n) is 14.0. The maximum absolute atomic E-state index is 12.7. The minimum Gasteiger partial charge on any atom is -0.464 e. The van der Waals surface area contributed by atoms with Crippen molar-refractivity contribution in [2.75, 3.05) is 19.8 Å². The Kier molecular flexibility index (Phi) is 8.66. The van der Waals surface area contributed by atoms with Gasteiger partial charge in [-0.2, -0.15) is 0 Å². The SMILES string of the molecule is CCOC(=O)C(NC(=O)OC(C)(C)C)P(=O)(OCC)OCC. The van der Waals surface area contributed by atoms with E-state index in [2.05, 4.69) is 5.32 Å². The second kappa shape index (κ2) is 9.12. The summed E-state index contributed by atoms with van der Waals surface area (Å²) in [6, 6.07) is 0. The van der Waals surface area contributed by atoms with E-state index in [9.17, 15) is 14.2 Å². The third kappa shape index (κ3) is 7.24. The molecular formula is C13H26NO7P. The molecule has 0 spiro atoms. The third-order valence-corrected chi connectivity index (χ3v) is 4.31. The maximum atomic E-state index is 12.7. The maximum Gasteiger partial charge on any atom is 0.408 e. The first-order valence-electron chi connectivity index (χ1n) is 7.14. The standard InChI is InChI=1S/C13H26NO7P/c1-7-18-11(15)10(14-12(16)21-13(4,5)6)22(17,19-8-2)20-9-3/h10H,7-9H2,1-6H3,(H,14,16). The van der Waals surface area contributed by atoms with Crippen LogP contribution in [0.1, 0.15) is 41.5 Å². The van der Waals surface area contributed by atoms with Crippen LogP contribution in [0.25, 0.3) is 0 Å². The Morgan fingerprint density at radius 2 is 1.55 bits per heavy atom. The first-order valence-corrected chi connectivity index (χ1v) is 8.75. The Bertz CT molecular complexity index is 409. The molecule has 0 aromatic heterocycles. The van der Waals surface area contributed by atoms with Crippen LogP contribution in [0.4, 0.5) is 4.79 Å². The highest BCUT2D eigenvalue weighted by Crippen LogP contribution is 2.52. The number of alkyl carbamates (subject to hydrolysis) is 1. The van der Waals surface area contributed by atoms with Gasteiger partial charge in [-0.3, -0.25) is 9.88 Å². The summed E-state index contributed by atoms with van der Waals surface area (Å²) in [5, 5.41) is 2.22. The van der Waals surface area contributed by atoms with Gasteiger partial charge in [0, 0.05) is 0 Å². The molecule has 0 aromatic rings. The van der Waals surface area contributed by atoms with Crippen LogP contribution in [0.15, 0.2) is 0 Å². The minimum absolute atomic E-state index is 0.0448. The highest BCUT2D eigenvalue weighted by Gasteiger charge is 2.44. The molecule has 0 fully saturated rings. The van der Waals surface area contributed by atoms with Crippen LogP contribution in [-0.2, 0) is 27.9 Å². The van der Waals surface area contributed by atoms with E-state index in [0.29, 0.717) is 0 Å². The molecule has 1 atom stereocenters. The van der Waals surface area contributed by atoms with E-state index in [-0.39, 0.29) is 19.8 Å². The van der Waals surface area contributed by atoms with Crippen molar-refractivity contribution in [1.29, 1.82) is 0 Å². The van der Waals surface area contributed by atoms with Gasteiger partial charge in [0.1, 0.15) is 5.60 Å². The number of nitrogens with one attached hydrogen (secondary N) is 1. The van der Waals surface area contributed by atoms with Crippen molar-refractivity contribution in [2.24, 2.45) is 0 Å². The Labute approximate surface area is 131 Å². The van der Waals surface area contributed by atoms with Crippen molar-refractivity contribution < 1.29 is 32.7 Å². The van der Waals surface area contributed by atoms with Crippen molar-refractivity contribution in [3.63, 3.8) is 0 Å². The molecular weight excluding hydrogens is 313 g/mol. The number of amides is 1. The van der Waals surface area contributed by atoms with E-state index in [0.717, 1.165) is 0 Å². The summed E-state index contributed by atoms with van der Waals surface area (Å²) in [6.07, 6.45) is -0.912. The zero-order chi connectivity index (χ0) is 17.4. The van der Waals surface area contributed by atoms with E-state index < -0.39 is 31.0 Å². The quantitative estimate of drug-likeness (QED) is 0.536. The normalized spacial score (nSPS) is 13.4. The van der Waals surface area contributed by atoms with Crippen LogP contribution in [0, 0.1) is 0 Å². The fourth-order valence-electron chi connectivity index (χ4n) is 1.45. The number of carbonyl (C=O) groups excluding carboxylic acids is 2. The number of rotatable bonds is 8. The highest BCUT2D eigenvalue weighted by molar-refractivity contribution is 7.55. The summed E-state index contributed by atoms with van der Waals surface area (Å²) in [5.41, 5.74) is -0.773. The highest BCUT2D eigenvalue weighted by atomic mass is 31.2. The fourth-order valence-corrected chi connectivity index (χ4v) is 3.14. The number of hydrogen-bond acceptors (Lipinski definition) is 7. The molecule has 0 aliphatic carbocycles. The zero-order valence-corrected chi connectivity index (χ0v) is 14.9. The summed E-state index contributed by atoms with van der Waals surface area (Å²) in [6.45, 7) is 9.93. The molecule has 0 aromatic carbocycles. The summed E-state index contributed by atoms with van der Waals surface area (Å²) < 4.78 is 32.8. The molecule has 0 heterocycles. The lowest BCUT2D eigenvalue weighted by molar-refractivity contribution is -0.143. The molecule has 1 N–H and O–H groups in total. The predicted octanol–water partition coefficient (Wildman–Crippen LogP) is 2.67. The van der Waals surface area contributed by atoms with Gasteiger partial charge in [0.15, 0.2) is 0 Å². The molecule has 0 rings (SSSR count). The molecule has 1 amide bonds. The van der Waals surface area contributed by atoms with E-state index in [1.165, 1.54) is 0 Å². The predicted molar refractivity (Wildman–Crippen MR) is 80.6 cm³/mol. The fraction of sp³-hybridized carbons (Fsp3) is 0.846. The minimum atomic E-state index is -3.92. The van der Waals surface area contributed by atoms with Gasteiger partial charge in [-0.1, -0.05) is 0 Å². The molecule has 130 valence electrons. The van der Waals surface area contributed by atoms with Gasteiger partial charge < -0.3 is 18.5 Å². The van der Waals surface area contributed by atoms with Crippen LogP contribution < -0.4 is 5.32 Å². The molecule has 8 nitrogen and oxygen atoms in total. The Morgan fingerprint density at radius 1 is 1.05 bits per heavy atom. The molecule has 22 heavy (non-hydrogen) atoms. The first-order chi connectivity index (χ1) is 10.1. The molecule has 0 aliphatic rings. The molecule has 0 saturated heterocycles. The van der Waals surface area contributed by atoms with Crippen LogP contribution in [0.2, 0.25) is 0 Å². The molecule has 9 heteroatoms. The molecule has 0 radical (unpaired) electrons. The van der Waals surface area contributed by atoms with E-state index in [1.807, 2.05) is 0 Å². The van der Waals surface area contributed by atoms with E-state index in [4.69, 9.17) is 18.5 Å². The molecule has 0 aliphatic heterocycles. The van der Waals surface area contributed by atoms with Crippen molar-refractivity contribution in [3.8, 4) is 0 Å². The molecule has 0 bridgehead atoms. The number of esters is 1. The second-order valence-corrected chi connectivity index (χ2v) is 7.29. The van der Waals surface area contributed by atoms with Gasteiger partial charge in [0.25, 0.3) is 0 Å². The topological polar surface area (TPSA) is 100 Å². The molecule has 1 unspecified atom stereocenters. The number of hydrogen-bond donors (Lipinski definition) is 1. The van der Waals surface area contributed by atoms with Crippen LogP contribution >= 0.6 is 7.60 Å². The van der Waals surface area contributed by atoms with Gasteiger partial charge >= 0.3 is 19.7 Å². The first kappa shape index (κ1) is 20.9. The lowest BCUT2D eigenvalue weighted by Crippen LogP contribution is -2.44. The van der Waals surface area contributed by atoms with Gasteiger partial charge in [-0.25, -0.2) is 9.59 Å². The van der Waals surface area contributed by atoms with Crippen molar-refractivity contribution in [3.05, 3.63) is 0 Å². The van der Waals surface area contributed by atoms with Gasteiger partial charge in [-0.05, 0) is 41.5 Å². The van der Waals surface area contributed by atoms with Gasteiger partial charge in [-0.15, -0.1) is 0 Å². The molecule has 0 saturated carbocycles. The van der Waals surface area contributed by atoms with Gasteiger partial charge in [0.2, 0.25) is 5.78 Å². The van der Waals surface area contributed by atoms with Crippen molar-refractivity contribution in [1.82, 2.24) is 5.32 Å². The summed E-state index contributed by atoms with van der Waals surface area (Å²) in [5.74, 6) is -2.49. The van der Waals surface area contributed by atoms with Gasteiger partial charge in [0.05, 0.1) is 19.8 Å². The average Bonchev–Trinajstić information content (AvgIpc) is 2.34. The lowest BCUT2D eigenvalue weighted by atomic mass is 10.2. The summed E-state index contributed by atoms with van der Waals surface area (Å²) in [7, 11) is -3.92. The second-order valence-electron chi connectivity index (χ2n) is 5.18. The van der Waals surface area contributed by atoms with Crippen LogP contribution in [0.3, 0.4) is 0 Å². The number of ether oxygens (including phenoxy) is 2. The Balaban J connectivity index is 5.30. The summed E-state index contributed by atoms with van der Waals surface area (Å²) >= 11 is 0.